The molecule has 2 nitrogen and oxygen atoms in total. The Kier molecular flexibility index (Phi) is 5.48. The van der Waals surface area contributed by atoms with Crippen molar-refractivity contribution >= 4 is 17.7 Å². The monoisotopic (exact) mass is 297 g/mol. The Morgan fingerprint density at radius 2 is 1.73 bits per heavy atom. The van der Waals surface area contributed by atoms with Crippen LogP contribution >= 0.6 is 0 Å². The Hall–Kier alpha value is -2.42. The van der Waals surface area contributed by atoms with Crippen molar-refractivity contribution in [2.75, 3.05) is 5.32 Å². The topological polar surface area (TPSA) is 29.1 Å². The number of nitrogens with one attached hydrogen (secondary N) is 1. The molecule has 0 heterocycles. The second-order valence-corrected chi connectivity index (χ2v) is 5.67. The van der Waals surface area contributed by atoms with E-state index in [1.807, 2.05) is 12.1 Å². The molecule has 0 atom stereocenters. The molecule has 2 rings (SSSR count). The van der Waals surface area contributed by atoms with Gasteiger partial charge in [-0.25, -0.2) is 4.39 Å². The lowest BCUT2D eigenvalue weighted by Crippen LogP contribution is -2.07. The summed E-state index contributed by atoms with van der Waals surface area (Å²) in [5, 5.41) is 2.68. The zero-order valence-corrected chi connectivity index (χ0v) is 12.8. The first kappa shape index (κ1) is 16.0. The molecular weight excluding hydrogens is 277 g/mol. The van der Waals surface area contributed by atoms with Crippen molar-refractivity contribution in [2.24, 2.45) is 5.92 Å². The molecule has 0 radical (unpaired) electrons. The highest BCUT2D eigenvalue weighted by molar-refractivity contribution is 6.01. The van der Waals surface area contributed by atoms with Crippen LogP contribution in [0.1, 0.15) is 25.0 Å². The Balaban J connectivity index is 1.93. The fourth-order valence-corrected chi connectivity index (χ4v) is 2.13. The molecule has 0 aliphatic carbocycles. The van der Waals surface area contributed by atoms with Gasteiger partial charge in [0.25, 0.3) is 0 Å². The number of rotatable bonds is 5. The summed E-state index contributed by atoms with van der Waals surface area (Å²) in [6, 6.07) is 13.8. The number of benzene rings is 2. The molecule has 0 spiro atoms. The third-order valence-electron chi connectivity index (χ3n) is 3.16. The van der Waals surface area contributed by atoms with Crippen LogP contribution in [0.15, 0.2) is 54.6 Å². The largest absolute Gasteiger partial charge is 0.323 e. The summed E-state index contributed by atoms with van der Waals surface area (Å²) in [5.41, 5.74) is 2.84. The van der Waals surface area contributed by atoms with E-state index in [0.29, 0.717) is 11.6 Å². The molecule has 22 heavy (non-hydrogen) atoms. The van der Waals surface area contributed by atoms with Crippen LogP contribution in [0.2, 0.25) is 0 Å². The van der Waals surface area contributed by atoms with Crippen LogP contribution < -0.4 is 5.32 Å². The van der Waals surface area contributed by atoms with E-state index in [4.69, 9.17) is 0 Å². The Morgan fingerprint density at radius 1 is 1.09 bits per heavy atom. The molecule has 0 unspecified atom stereocenters. The minimum absolute atomic E-state index is 0.238. The van der Waals surface area contributed by atoms with Crippen LogP contribution in [0.5, 0.6) is 0 Å². The standard InChI is InChI=1S/C19H20FNO/c1-14(2)13-16-5-3-15(4-6-16)7-12-19(22)21-18-10-8-17(20)9-11-18/h3-12,14H,13H2,1-2H3,(H,21,22)/b12-7+. The second kappa shape index (κ2) is 7.55. The van der Waals surface area contributed by atoms with Crippen molar-refractivity contribution in [2.45, 2.75) is 20.3 Å². The minimum Gasteiger partial charge on any atom is -0.323 e. The van der Waals surface area contributed by atoms with E-state index in [-0.39, 0.29) is 11.7 Å². The van der Waals surface area contributed by atoms with Gasteiger partial charge in [0.2, 0.25) is 5.91 Å². The van der Waals surface area contributed by atoms with Gasteiger partial charge in [-0.05, 0) is 53.8 Å². The van der Waals surface area contributed by atoms with Gasteiger partial charge >= 0.3 is 0 Å². The predicted octanol–water partition coefficient (Wildman–Crippen LogP) is 4.68. The number of hydrogen-bond donors (Lipinski definition) is 1. The van der Waals surface area contributed by atoms with Crippen molar-refractivity contribution < 1.29 is 9.18 Å². The summed E-state index contributed by atoms with van der Waals surface area (Å²) in [5.74, 6) is 0.0655. The van der Waals surface area contributed by atoms with Gasteiger partial charge in [-0.2, -0.15) is 0 Å². The normalized spacial score (nSPS) is 11.1. The predicted molar refractivity (Wildman–Crippen MR) is 89.0 cm³/mol. The van der Waals surface area contributed by atoms with Gasteiger partial charge in [0.15, 0.2) is 0 Å². The van der Waals surface area contributed by atoms with Gasteiger partial charge in [0.1, 0.15) is 5.82 Å². The average molecular weight is 297 g/mol. The molecular formula is C19H20FNO. The van der Waals surface area contributed by atoms with Gasteiger partial charge in [-0.3, -0.25) is 4.79 Å². The van der Waals surface area contributed by atoms with Crippen LogP contribution in [0.3, 0.4) is 0 Å². The first-order valence-corrected chi connectivity index (χ1v) is 7.36. The molecule has 0 saturated carbocycles. The third kappa shape index (κ3) is 5.17. The smallest absolute Gasteiger partial charge is 0.248 e. The van der Waals surface area contributed by atoms with Crippen molar-refractivity contribution in [3.63, 3.8) is 0 Å². The first-order valence-electron chi connectivity index (χ1n) is 7.36. The lowest BCUT2D eigenvalue weighted by atomic mass is 10.0. The second-order valence-electron chi connectivity index (χ2n) is 5.67. The highest BCUT2D eigenvalue weighted by atomic mass is 19.1. The molecule has 0 bridgehead atoms. The minimum atomic E-state index is -0.324. The van der Waals surface area contributed by atoms with E-state index in [0.717, 1.165) is 12.0 Å². The van der Waals surface area contributed by atoms with E-state index in [2.05, 4.69) is 31.3 Å². The molecule has 0 aliphatic heterocycles. The highest BCUT2D eigenvalue weighted by Gasteiger charge is 1.99. The van der Waals surface area contributed by atoms with E-state index in [1.165, 1.54) is 35.9 Å². The molecule has 0 aromatic heterocycles. The van der Waals surface area contributed by atoms with Crippen LogP contribution in [0, 0.1) is 11.7 Å². The van der Waals surface area contributed by atoms with Gasteiger partial charge in [-0.15, -0.1) is 0 Å². The van der Waals surface area contributed by atoms with Gasteiger partial charge in [0.05, 0.1) is 0 Å². The van der Waals surface area contributed by atoms with Crippen LogP contribution in [-0.2, 0) is 11.2 Å². The maximum absolute atomic E-state index is 12.8. The summed E-state index contributed by atoms with van der Waals surface area (Å²) < 4.78 is 12.8. The SMILES string of the molecule is CC(C)Cc1ccc(/C=C/C(=O)Nc2ccc(F)cc2)cc1. The fraction of sp³-hybridized carbons (Fsp3) is 0.211. The van der Waals surface area contributed by atoms with Gasteiger partial charge in [-0.1, -0.05) is 38.1 Å². The summed E-state index contributed by atoms with van der Waals surface area (Å²) in [6.45, 7) is 4.38. The van der Waals surface area contributed by atoms with Crippen LogP contribution in [0.25, 0.3) is 6.08 Å². The lowest BCUT2D eigenvalue weighted by molar-refractivity contribution is -0.111. The molecule has 1 N–H and O–H groups in total. The van der Waals surface area contributed by atoms with Gasteiger partial charge < -0.3 is 5.32 Å². The summed E-state index contributed by atoms with van der Waals surface area (Å²) >= 11 is 0. The number of carbonyl (C=O) groups is 1. The maximum Gasteiger partial charge on any atom is 0.248 e. The van der Waals surface area contributed by atoms with E-state index >= 15 is 0 Å². The summed E-state index contributed by atoms with van der Waals surface area (Å²) in [6.07, 6.45) is 4.29. The lowest BCUT2D eigenvalue weighted by Gasteiger charge is -2.05. The maximum atomic E-state index is 12.8. The molecule has 0 fully saturated rings. The molecule has 0 aliphatic rings. The molecule has 2 aromatic carbocycles. The zero-order chi connectivity index (χ0) is 15.9. The van der Waals surface area contributed by atoms with Crippen molar-refractivity contribution in [1.82, 2.24) is 0 Å². The Morgan fingerprint density at radius 3 is 2.32 bits per heavy atom. The number of halogens is 1. The molecule has 114 valence electrons. The summed E-state index contributed by atoms with van der Waals surface area (Å²) in [7, 11) is 0. The molecule has 2 aromatic rings. The number of hydrogen-bond acceptors (Lipinski definition) is 1. The first-order chi connectivity index (χ1) is 10.5. The fourth-order valence-electron chi connectivity index (χ4n) is 2.13. The number of amides is 1. The average Bonchev–Trinajstić information content (AvgIpc) is 2.48. The highest BCUT2D eigenvalue weighted by Crippen LogP contribution is 2.11. The number of carbonyl (C=O) groups excluding carboxylic acids is 1. The van der Waals surface area contributed by atoms with Gasteiger partial charge in [0, 0.05) is 11.8 Å². The van der Waals surface area contributed by atoms with Crippen LogP contribution in [0.4, 0.5) is 10.1 Å². The number of anilines is 1. The van der Waals surface area contributed by atoms with Crippen molar-refractivity contribution in [1.29, 1.82) is 0 Å². The Labute approximate surface area is 130 Å². The van der Waals surface area contributed by atoms with Crippen molar-refractivity contribution in [3.8, 4) is 0 Å². The molecule has 1 amide bonds. The Bertz CT molecular complexity index is 642. The van der Waals surface area contributed by atoms with E-state index < -0.39 is 0 Å². The molecule has 0 saturated heterocycles. The van der Waals surface area contributed by atoms with E-state index in [9.17, 15) is 9.18 Å². The quantitative estimate of drug-likeness (QED) is 0.798. The van der Waals surface area contributed by atoms with E-state index in [1.54, 1.807) is 6.08 Å². The summed E-state index contributed by atoms with van der Waals surface area (Å²) in [4.78, 5) is 11.8. The molecule has 3 heteroatoms. The van der Waals surface area contributed by atoms with Crippen LogP contribution in [-0.4, -0.2) is 5.91 Å². The third-order valence-corrected chi connectivity index (χ3v) is 3.16. The van der Waals surface area contributed by atoms with Crippen molar-refractivity contribution in [3.05, 3.63) is 71.6 Å². The zero-order valence-electron chi connectivity index (χ0n) is 12.8.